The number of halogens is 1. The van der Waals surface area contributed by atoms with Gasteiger partial charge in [-0.1, -0.05) is 18.2 Å². The van der Waals surface area contributed by atoms with E-state index in [1.165, 1.54) is 30.5 Å². The summed E-state index contributed by atoms with van der Waals surface area (Å²) in [7, 11) is -7.94. The van der Waals surface area contributed by atoms with Gasteiger partial charge in [0.15, 0.2) is 9.84 Å². The first-order chi connectivity index (χ1) is 12.8. The number of sulfone groups is 1. The van der Waals surface area contributed by atoms with Gasteiger partial charge in [-0.2, -0.15) is 0 Å². The zero-order chi connectivity index (χ0) is 19.5. The van der Waals surface area contributed by atoms with Crippen LogP contribution in [-0.2, 0) is 19.9 Å². The molecule has 3 aromatic rings. The van der Waals surface area contributed by atoms with Gasteiger partial charge in [-0.3, -0.25) is 0 Å². The van der Waals surface area contributed by atoms with E-state index in [0.29, 0.717) is 0 Å². The van der Waals surface area contributed by atoms with Gasteiger partial charge in [-0.15, -0.1) is 0 Å². The third-order valence-corrected chi connectivity index (χ3v) is 7.41. The van der Waals surface area contributed by atoms with E-state index in [4.69, 9.17) is 4.42 Å². The smallest absolute Gasteiger partial charge is 0.240 e. The Morgan fingerprint density at radius 1 is 0.852 bits per heavy atom. The molecule has 0 bridgehead atoms. The standard InChI is InChI=1S/C18H16FNO5S2/c19-14-8-10-16(11-9-14)27(23,24)20-13-18(17-7-4-12-25-17)26(21,22)15-5-2-1-3-6-15/h1-12,18,20H,13H2/t18-/m0/s1. The molecule has 0 amide bonds. The molecule has 0 aliphatic rings. The van der Waals surface area contributed by atoms with E-state index in [2.05, 4.69) is 4.72 Å². The summed E-state index contributed by atoms with van der Waals surface area (Å²) in [6.45, 7) is -0.440. The molecular formula is C18H16FNO5S2. The normalized spacial score (nSPS) is 13.4. The molecule has 0 saturated heterocycles. The molecular weight excluding hydrogens is 393 g/mol. The fraction of sp³-hybridized carbons (Fsp3) is 0.111. The lowest BCUT2D eigenvalue weighted by Gasteiger charge is -2.17. The van der Waals surface area contributed by atoms with E-state index in [1.807, 2.05) is 0 Å². The number of hydrogen-bond acceptors (Lipinski definition) is 5. The lowest BCUT2D eigenvalue weighted by Crippen LogP contribution is -2.31. The molecule has 0 spiro atoms. The van der Waals surface area contributed by atoms with Gasteiger partial charge in [0.1, 0.15) is 16.8 Å². The first-order valence-electron chi connectivity index (χ1n) is 7.88. The monoisotopic (exact) mass is 409 g/mol. The van der Waals surface area contributed by atoms with Crippen LogP contribution in [0.2, 0.25) is 0 Å². The zero-order valence-corrected chi connectivity index (χ0v) is 15.6. The summed E-state index contributed by atoms with van der Waals surface area (Å²) in [6, 6.07) is 14.9. The van der Waals surface area contributed by atoms with Gasteiger partial charge >= 0.3 is 0 Å². The van der Waals surface area contributed by atoms with Crippen molar-refractivity contribution >= 4 is 19.9 Å². The Labute approximate surface area is 156 Å². The Balaban J connectivity index is 1.91. The summed E-state index contributed by atoms with van der Waals surface area (Å²) in [6.07, 6.45) is 1.32. The molecule has 1 N–H and O–H groups in total. The maximum atomic E-state index is 13.0. The number of rotatable bonds is 7. The lowest BCUT2D eigenvalue weighted by molar-refractivity contribution is 0.486. The molecule has 9 heteroatoms. The second-order valence-electron chi connectivity index (χ2n) is 5.67. The highest BCUT2D eigenvalue weighted by Gasteiger charge is 2.32. The van der Waals surface area contributed by atoms with Crippen LogP contribution in [0.5, 0.6) is 0 Å². The van der Waals surface area contributed by atoms with E-state index in [9.17, 15) is 21.2 Å². The lowest BCUT2D eigenvalue weighted by atomic mass is 10.3. The van der Waals surface area contributed by atoms with E-state index in [1.54, 1.807) is 18.2 Å². The summed E-state index contributed by atoms with van der Waals surface area (Å²) in [4.78, 5) is -0.119. The average molecular weight is 409 g/mol. The van der Waals surface area contributed by atoms with Crippen LogP contribution in [0.3, 0.4) is 0 Å². The molecule has 1 aromatic heterocycles. The van der Waals surface area contributed by atoms with Crippen molar-refractivity contribution in [3.63, 3.8) is 0 Å². The van der Waals surface area contributed by atoms with Gasteiger partial charge in [0.2, 0.25) is 10.0 Å². The fourth-order valence-electron chi connectivity index (χ4n) is 2.49. The zero-order valence-electron chi connectivity index (χ0n) is 13.9. The molecule has 0 aliphatic heterocycles. The summed E-state index contributed by atoms with van der Waals surface area (Å²) in [5.74, 6) is -0.463. The van der Waals surface area contributed by atoms with E-state index in [0.717, 1.165) is 24.3 Å². The second kappa shape index (κ2) is 7.63. The predicted octanol–water partition coefficient (Wildman–Crippen LogP) is 2.91. The molecule has 6 nitrogen and oxygen atoms in total. The highest BCUT2D eigenvalue weighted by atomic mass is 32.2. The van der Waals surface area contributed by atoms with Gasteiger partial charge in [0.25, 0.3) is 0 Å². The van der Waals surface area contributed by atoms with Crippen LogP contribution in [0.1, 0.15) is 11.0 Å². The summed E-state index contributed by atoms with van der Waals surface area (Å²) in [5.41, 5.74) is 0. The molecule has 1 atom stereocenters. The van der Waals surface area contributed by atoms with Crippen molar-refractivity contribution in [1.82, 2.24) is 4.72 Å². The minimum Gasteiger partial charge on any atom is -0.468 e. The van der Waals surface area contributed by atoms with Crippen molar-refractivity contribution < 1.29 is 25.6 Å². The Morgan fingerprint density at radius 3 is 2.11 bits per heavy atom. The van der Waals surface area contributed by atoms with Crippen LogP contribution in [-0.4, -0.2) is 23.4 Å². The van der Waals surface area contributed by atoms with E-state index >= 15 is 0 Å². The number of benzene rings is 2. The molecule has 0 saturated carbocycles. The molecule has 27 heavy (non-hydrogen) atoms. The van der Waals surface area contributed by atoms with Gasteiger partial charge in [0, 0.05) is 6.54 Å². The third-order valence-electron chi connectivity index (χ3n) is 3.89. The Bertz CT molecular complexity index is 1090. The van der Waals surface area contributed by atoms with Crippen molar-refractivity contribution in [3.05, 3.63) is 84.6 Å². The summed E-state index contributed by atoms with van der Waals surface area (Å²) < 4.78 is 71.3. The SMILES string of the molecule is O=S(=O)(NC[C@@H](c1ccco1)S(=O)(=O)c1ccccc1)c1ccc(F)cc1. The van der Waals surface area contributed by atoms with Gasteiger partial charge < -0.3 is 4.42 Å². The Morgan fingerprint density at radius 2 is 1.52 bits per heavy atom. The molecule has 142 valence electrons. The average Bonchev–Trinajstić information content (AvgIpc) is 3.17. The van der Waals surface area contributed by atoms with Crippen LogP contribution in [0.4, 0.5) is 4.39 Å². The van der Waals surface area contributed by atoms with Gasteiger partial charge in [0.05, 0.1) is 16.1 Å². The minimum absolute atomic E-state index is 0.0485. The maximum Gasteiger partial charge on any atom is 0.240 e. The van der Waals surface area contributed by atoms with Crippen molar-refractivity contribution in [2.24, 2.45) is 0 Å². The fourth-order valence-corrected chi connectivity index (χ4v) is 5.25. The molecule has 3 rings (SSSR count). The van der Waals surface area contributed by atoms with E-state index < -0.39 is 37.5 Å². The maximum absolute atomic E-state index is 13.0. The van der Waals surface area contributed by atoms with Crippen LogP contribution >= 0.6 is 0 Å². The predicted molar refractivity (Wildman–Crippen MR) is 96.7 cm³/mol. The van der Waals surface area contributed by atoms with Crippen molar-refractivity contribution in [3.8, 4) is 0 Å². The van der Waals surface area contributed by atoms with Gasteiger partial charge in [-0.25, -0.2) is 25.9 Å². The minimum atomic E-state index is -4.03. The number of nitrogens with one attached hydrogen (secondary N) is 1. The molecule has 0 aliphatic carbocycles. The van der Waals surface area contributed by atoms with Crippen LogP contribution in [0.25, 0.3) is 0 Å². The molecule has 2 aromatic carbocycles. The van der Waals surface area contributed by atoms with Crippen molar-refractivity contribution in [2.45, 2.75) is 15.0 Å². The van der Waals surface area contributed by atoms with Crippen molar-refractivity contribution in [2.75, 3.05) is 6.54 Å². The van der Waals surface area contributed by atoms with Crippen molar-refractivity contribution in [1.29, 1.82) is 0 Å². The van der Waals surface area contributed by atoms with Crippen LogP contribution in [0.15, 0.2) is 87.2 Å². The summed E-state index contributed by atoms with van der Waals surface area (Å²) in [5, 5.41) is -1.26. The summed E-state index contributed by atoms with van der Waals surface area (Å²) >= 11 is 0. The topological polar surface area (TPSA) is 93.4 Å². The van der Waals surface area contributed by atoms with E-state index in [-0.39, 0.29) is 15.6 Å². The quantitative estimate of drug-likeness (QED) is 0.648. The highest BCUT2D eigenvalue weighted by Crippen LogP contribution is 2.29. The van der Waals surface area contributed by atoms with Crippen LogP contribution in [0, 0.1) is 5.82 Å². The number of furan rings is 1. The second-order valence-corrected chi connectivity index (χ2v) is 9.57. The first kappa shape index (κ1) is 19.3. The molecule has 0 unspecified atom stereocenters. The van der Waals surface area contributed by atoms with Gasteiger partial charge in [-0.05, 0) is 48.5 Å². The van der Waals surface area contributed by atoms with Crippen LogP contribution < -0.4 is 4.72 Å². The Kier molecular flexibility index (Phi) is 5.45. The first-order valence-corrected chi connectivity index (χ1v) is 10.9. The molecule has 0 radical (unpaired) electrons. The Hall–Kier alpha value is -2.49. The molecule has 1 heterocycles. The highest BCUT2D eigenvalue weighted by molar-refractivity contribution is 7.92. The molecule has 0 fully saturated rings. The number of sulfonamides is 1. The number of hydrogen-bond donors (Lipinski definition) is 1. The largest absolute Gasteiger partial charge is 0.468 e. The third kappa shape index (κ3) is 4.26.